The number of aliphatic hydroxyl groups excluding tert-OH is 5. The number of carboxylic acid groups (broad SMARTS) is 2. The van der Waals surface area contributed by atoms with Gasteiger partial charge in [0.2, 0.25) is 59.7 Å². The number of aliphatic hydroxyl groups is 5. The van der Waals surface area contributed by atoms with E-state index in [0.29, 0.717) is 12.7 Å². The Bertz CT molecular complexity index is 2730. The summed E-state index contributed by atoms with van der Waals surface area (Å²) < 4.78 is 206. The summed E-state index contributed by atoms with van der Waals surface area (Å²) >= 11 is 0. The molecule has 440 valence electrons. The molecule has 0 aromatic heterocycles. The molecule has 48 heteroatoms. The topological polar surface area (TPSA) is 588 Å². The molecule has 20 atom stereocenters. The van der Waals surface area contributed by atoms with Crippen LogP contribution in [0.1, 0.15) is 13.8 Å². The van der Waals surface area contributed by atoms with Crippen molar-refractivity contribution in [3.05, 3.63) is 24.3 Å². The molecule has 7 N–H and O–H groups in total. The third kappa shape index (κ3) is 25.6. The number of carboxylic acids is 2. The van der Waals surface area contributed by atoms with Crippen molar-refractivity contribution in [3.63, 3.8) is 0 Å². The van der Waals surface area contributed by atoms with Gasteiger partial charge in [-0.15, -0.1) is 0 Å². The van der Waals surface area contributed by atoms with E-state index in [-0.39, 0.29) is 183 Å². The van der Waals surface area contributed by atoms with Crippen molar-refractivity contribution in [2.75, 3.05) is 20.3 Å². The smallest absolute Gasteiger partial charge is 0.726 e. The number of hydrogen-bond donors (Lipinski definition) is 7. The average Bonchev–Trinajstić information content (AvgIpc) is 3.29. The maximum Gasteiger partial charge on any atom is 1.00 e. The molecule has 1 aromatic carbocycles. The van der Waals surface area contributed by atoms with Gasteiger partial charge in [-0.25, -0.2) is 33.7 Å². The second kappa shape index (κ2) is 36.8. The number of methoxy groups -OCH3 is 1. The first-order chi connectivity index (χ1) is 35.5. The van der Waals surface area contributed by atoms with E-state index >= 15 is 0 Å². The summed E-state index contributed by atoms with van der Waals surface area (Å²) in [6, 6.07) is 0.527. The van der Waals surface area contributed by atoms with Gasteiger partial charge in [-0.2, -0.15) is 0 Å². The normalized spacial score (nSPS) is 33.6. The molecular formula is C35H44N2Na6O36S4. The summed E-state index contributed by atoms with van der Waals surface area (Å²) in [6.45, 7) is -1.92. The largest absolute Gasteiger partial charge is 1.00 e. The van der Waals surface area contributed by atoms with Gasteiger partial charge in [-0.3, -0.25) is 26.3 Å². The van der Waals surface area contributed by atoms with Crippen LogP contribution in [0.5, 0.6) is 11.5 Å². The van der Waals surface area contributed by atoms with Gasteiger partial charge in [0.05, 0.1) is 32.3 Å². The van der Waals surface area contributed by atoms with Crippen molar-refractivity contribution in [3.8, 4) is 11.5 Å². The Balaban J connectivity index is 0. The molecule has 0 saturated carbocycles. The maximum atomic E-state index is 12.8. The molecule has 0 bridgehead atoms. The first-order valence-corrected chi connectivity index (χ1v) is 26.5. The Morgan fingerprint density at radius 3 is 1.24 bits per heavy atom. The van der Waals surface area contributed by atoms with Crippen molar-refractivity contribution in [2.24, 2.45) is 0 Å². The summed E-state index contributed by atoms with van der Waals surface area (Å²) in [6.07, 6.45) is -47.1. The zero-order valence-electron chi connectivity index (χ0n) is 44.8. The second-order valence-corrected chi connectivity index (χ2v) is 20.5. The number of aliphatic carboxylic acids is 2. The number of nitrogens with one attached hydrogen (secondary N) is 2. The van der Waals surface area contributed by atoms with E-state index in [9.17, 15) is 107 Å². The SMILES string of the molecule is COc1ccc(O[C@@H]2O[C@H](C(=O)[O-])[C@@H](O[C@@H]3O[C@H](COS(=O)(=O)[O-])[C@H](OS(=O)(=O)[O-])[C@H](O[C@@H]4O[C@H](C(=O)[O-])[C@@H](O[C@@H]5O[C@H](COS(=O)(=O)[O-])[C@H](OS(=O)(=O)[O-])[C@H](O)[C@H]5NC(C)=O)[C@H](O)[C@H]4O)[C@H]3NC(C)=O)[C@H](O)[C@H]2O)cc1.[Na+].[Na+].[Na+].[Na+].[Na+].[Na+]. The van der Waals surface area contributed by atoms with Gasteiger partial charge in [0.15, 0.2) is 18.9 Å². The van der Waals surface area contributed by atoms with Crippen LogP contribution in [0.15, 0.2) is 24.3 Å². The van der Waals surface area contributed by atoms with Crippen molar-refractivity contribution in [1.29, 1.82) is 0 Å². The molecule has 0 aliphatic carbocycles. The Hall–Kier alpha value is 1.70. The third-order valence-corrected chi connectivity index (χ3v) is 12.8. The number of carbonyl (C=O) groups excluding carboxylic acids is 4. The Morgan fingerprint density at radius 2 is 0.843 bits per heavy atom. The van der Waals surface area contributed by atoms with Crippen molar-refractivity contribution >= 4 is 65.3 Å². The van der Waals surface area contributed by atoms with Crippen molar-refractivity contribution in [2.45, 2.75) is 137 Å². The van der Waals surface area contributed by atoms with Gasteiger partial charge in [0, 0.05) is 13.8 Å². The van der Waals surface area contributed by atoms with Crippen LogP contribution < -0.4 is 208 Å². The fraction of sp³-hybridized carbons (Fsp3) is 0.714. The summed E-state index contributed by atoms with van der Waals surface area (Å²) in [7, 11) is -22.3. The molecule has 4 aliphatic heterocycles. The standard InChI is InChI=1S/C35H50N2O36S4.6Na/c1-10(38)36-16-18(40)23(72-76(55,56)57)14(8-62-74(49,50)51)65-32(16)68-26-20(42)22(44)35(71-29(26)31(47)48)67-25-17(37-11(2)39)33(66-15(9-63-75(52,53)54)24(25)73-77(58,59)60)69-27-19(41)21(43)34(70-28(27)30(45)46)64-13-6-4-12(61-3)5-7-13;;;;;;/h4-7,14-29,32-35,40-44H,8-9H2,1-3H3,(H,36,38)(H,37,39)(H,45,46)(H,47,48)(H,49,50,51)(H,52,53,54)(H,55,56,57)(H,58,59,60);;;;;;/q;6*+1/p-6/t14-,15-,16-,17-,18-,19-,20-,21-,22-,23+,24+,25-,26+,27+,28+,29+,32+,33+,34-,35-;;;;;;/m1....../s1. The van der Waals surface area contributed by atoms with Crippen LogP contribution in [0, 0.1) is 0 Å². The molecular weight excluding hydrogens is 1290 g/mol. The minimum Gasteiger partial charge on any atom is -0.726 e. The summed E-state index contributed by atoms with van der Waals surface area (Å²) in [4.78, 5) is 50.3. The first-order valence-electron chi connectivity index (χ1n) is 21.2. The summed E-state index contributed by atoms with van der Waals surface area (Å²) in [5.74, 6) is -6.94. The molecule has 4 fully saturated rings. The maximum absolute atomic E-state index is 12.8. The number of amides is 2. The van der Waals surface area contributed by atoms with E-state index in [0.717, 1.165) is 6.92 Å². The van der Waals surface area contributed by atoms with Crippen LogP contribution in [0.2, 0.25) is 0 Å². The van der Waals surface area contributed by atoms with Gasteiger partial charge >= 0.3 is 177 Å². The number of carbonyl (C=O) groups is 4. The minimum atomic E-state index is -6.18. The summed E-state index contributed by atoms with van der Waals surface area (Å²) in [5, 5.41) is 85.6. The van der Waals surface area contributed by atoms with Crippen LogP contribution in [-0.2, 0) is 111 Å². The molecule has 5 rings (SSSR count). The number of rotatable bonds is 23. The Morgan fingerprint density at radius 1 is 0.482 bits per heavy atom. The fourth-order valence-corrected chi connectivity index (χ4v) is 9.51. The fourth-order valence-electron chi connectivity index (χ4n) is 7.89. The second-order valence-electron chi connectivity index (χ2n) is 16.4. The van der Waals surface area contributed by atoms with Gasteiger partial charge in [0.25, 0.3) is 0 Å². The summed E-state index contributed by atoms with van der Waals surface area (Å²) in [5.41, 5.74) is 0. The van der Waals surface area contributed by atoms with Crippen LogP contribution in [-0.4, -0.2) is 244 Å². The van der Waals surface area contributed by atoms with E-state index in [1.165, 1.54) is 31.4 Å². The number of benzene rings is 1. The quantitative estimate of drug-likeness (QED) is 0.0304. The minimum absolute atomic E-state index is 0. The van der Waals surface area contributed by atoms with E-state index < -0.39 is 201 Å². The molecule has 4 aliphatic rings. The van der Waals surface area contributed by atoms with Crippen LogP contribution >= 0.6 is 0 Å². The van der Waals surface area contributed by atoms with Gasteiger partial charge in [0.1, 0.15) is 109 Å². The first kappa shape index (κ1) is 86.8. The van der Waals surface area contributed by atoms with Crippen LogP contribution in [0.3, 0.4) is 0 Å². The third-order valence-electron chi connectivity index (χ3n) is 11.0. The molecule has 0 spiro atoms. The van der Waals surface area contributed by atoms with Crippen molar-refractivity contribution < 1.29 is 344 Å². The average molecular weight is 1330 g/mol. The van der Waals surface area contributed by atoms with E-state index in [2.05, 4.69) is 16.7 Å². The Labute approximate surface area is 604 Å². The molecule has 0 unspecified atom stereocenters. The number of hydrogen-bond acceptors (Lipinski definition) is 36. The van der Waals surface area contributed by atoms with E-state index in [4.69, 9.17) is 42.6 Å². The monoisotopic (exact) mass is 1330 g/mol. The molecule has 83 heavy (non-hydrogen) atoms. The molecule has 1 aromatic rings. The molecule has 2 amide bonds. The molecule has 38 nitrogen and oxygen atoms in total. The molecule has 4 saturated heterocycles. The zero-order chi connectivity index (χ0) is 57.9. The zero-order valence-corrected chi connectivity index (χ0v) is 60.1. The Kier molecular flexibility index (Phi) is 38.5. The van der Waals surface area contributed by atoms with Gasteiger partial charge < -0.3 is 117 Å². The van der Waals surface area contributed by atoms with Crippen LogP contribution in [0.25, 0.3) is 0 Å². The van der Waals surface area contributed by atoms with E-state index in [1.807, 2.05) is 10.6 Å². The number of ether oxygens (including phenoxy) is 9. The molecule has 4 heterocycles. The predicted octanol–water partition coefficient (Wildman–Crippen LogP) is -29.9. The van der Waals surface area contributed by atoms with Crippen LogP contribution in [0.4, 0.5) is 0 Å². The predicted molar refractivity (Wildman–Crippen MR) is 219 cm³/mol. The molecule has 0 radical (unpaired) electrons. The van der Waals surface area contributed by atoms with Crippen molar-refractivity contribution in [1.82, 2.24) is 10.6 Å². The van der Waals surface area contributed by atoms with Gasteiger partial charge in [-0.1, -0.05) is 0 Å². The van der Waals surface area contributed by atoms with E-state index in [1.54, 1.807) is 0 Å². The van der Waals surface area contributed by atoms with Gasteiger partial charge in [-0.05, 0) is 24.3 Å².